The Morgan fingerprint density at radius 3 is 2.14 bits per heavy atom. The predicted molar refractivity (Wildman–Crippen MR) is 117 cm³/mol. The normalized spacial score (nSPS) is 15.9. The fourth-order valence-electron chi connectivity index (χ4n) is 3.71. The molecule has 1 saturated carbocycles. The first-order valence-electron chi connectivity index (χ1n) is 10.4. The number of nitrogens with one attached hydrogen (secondary N) is 2. The van der Waals surface area contributed by atoms with Crippen LogP contribution in [0.2, 0.25) is 0 Å². The summed E-state index contributed by atoms with van der Waals surface area (Å²) in [6.07, 6.45) is 8.13. The molecule has 0 heterocycles. The monoisotopic (exact) mass is 414 g/mol. The van der Waals surface area contributed by atoms with E-state index in [2.05, 4.69) is 10.0 Å². The molecule has 0 spiro atoms. The summed E-state index contributed by atoms with van der Waals surface area (Å²) in [5.74, 6) is -0.0911. The second kappa shape index (κ2) is 9.44. The minimum absolute atomic E-state index is 0.0911. The molecular weight excluding hydrogens is 384 g/mol. The van der Waals surface area contributed by atoms with Crippen molar-refractivity contribution in [1.29, 1.82) is 0 Å². The molecule has 29 heavy (non-hydrogen) atoms. The summed E-state index contributed by atoms with van der Waals surface area (Å²) >= 11 is 0. The molecule has 3 rings (SSSR count). The molecular formula is C23H30N2O3S. The van der Waals surface area contributed by atoms with Crippen LogP contribution in [0.25, 0.3) is 0 Å². The van der Waals surface area contributed by atoms with Crippen LogP contribution in [0.5, 0.6) is 0 Å². The van der Waals surface area contributed by atoms with E-state index in [0.717, 1.165) is 31.2 Å². The Morgan fingerprint density at radius 2 is 1.52 bits per heavy atom. The number of aryl methyl sites for hydroxylation is 2. The van der Waals surface area contributed by atoms with Gasteiger partial charge in [0.1, 0.15) is 0 Å². The van der Waals surface area contributed by atoms with Gasteiger partial charge in [-0.3, -0.25) is 9.52 Å². The summed E-state index contributed by atoms with van der Waals surface area (Å²) in [5, 5.41) is 3.15. The van der Waals surface area contributed by atoms with Gasteiger partial charge in [0.25, 0.3) is 15.9 Å². The number of carbonyl (C=O) groups is 1. The fraction of sp³-hybridized carbons (Fsp3) is 0.435. The smallest absolute Gasteiger partial charge is 0.261 e. The maximum Gasteiger partial charge on any atom is 0.261 e. The van der Waals surface area contributed by atoms with Crippen molar-refractivity contribution in [3.8, 4) is 0 Å². The third-order valence-electron chi connectivity index (χ3n) is 5.50. The minimum Gasteiger partial charge on any atom is -0.349 e. The standard InChI is InChI=1S/C23H30N2O3S/c1-17-10-13-21(14-11-17)29(27,28)25-22-15-12-19(16-18(22)2)23(26)24-20-8-6-4-3-5-7-9-20/h10-16,20,25H,3-9H2,1-2H3,(H,24,26). The van der Waals surface area contributed by atoms with E-state index in [4.69, 9.17) is 0 Å². The van der Waals surface area contributed by atoms with E-state index >= 15 is 0 Å². The Hall–Kier alpha value is -2.34. The minimum atomic E-state index is -3.67. The summed E-state index contributed by atoms with van der Waals surface area (Å²) in [6.45, 7) is 3.72. The number of benzene rings is 2. The molecule has 1 aliphatic rings. The molecule has 0 radical (unpaired) electrons. The Bertz CT molecular complexity index is 945. The lowest BCUT2D eigenvalue weighted by Gasteiger charge is -2.21. The third kappa shape index (κ3) is 5.82. The van der Waals surface area contributed by atoms with E-state index in [9.17, 15) is 13.2 Å². The lowest BCUT2D eigenvalue weighted by Crippen LogP contribution is -2.35. The van der Waals surface area contributed by atoms with Crippen molar-refractivity contribution in [2.75, 3.05) is 4.72 Å². The molecule has 6 heteroatoms. The fourth-order valence-corrected chi connectivity index (χ4v) is 4.84. The molecule has 1 amide bonds. The van der Waals surface area contributed by atoms with Crippen LogP contribution in [-0.4, -0.2) is 20.4 Å². The highest BCUT2D eigenvalue weighted by molar-refractivity contribution is 7.92. The van der Waals surface area contributed by atoms with Crippen molar-refractivity contribution in [2.24, 2.45) is 0 Å². The Balaban J connectivity index is 1.69. The van der Waals surface area contributed by atoms with Gasteiger partial charge in [-0.05, 0) is 62.6 Å². The van der Waals surface area contributed by atoms with E-state index in [0.29, 0.717) is 16.8 Å². The van der Waals surface area contributed by atoms with Crippen LogP contribution in [-0.2, 0) is 10.0 Å². The Labute approximate surface area is 174 Å². The molecule has 2 N–H and O–H groups in total. The van der Waals surface area contributed by atoms with E-state index < -0.39 is 10.0 Å². The highest BCUT2D eigenvalue weighted by Crippen LogP contribution is 2.22. The number of carbonyl (C=O) groups excluding carboxylic acids is 1. The number of hydrogen-bond donors (Lipinski definition) is 2. The number of sulfonamides is 1. The zero-order valence-corrected chi connectivity index (χ0v) is 18.0. The zero-order valence-electron chi connectivity index (χ0n) is 17.2. The van der Waals surface area contributed by atoms with Gasteiger partial charge < -0.3 is 5.32 Å². The molecule has 0 aliphatic heterocycles. The van der Waals surface area contributed by atoms with Crippen molar-refractivity contribution in [3.63, 3.8) is 0 Å². The Morgan fingerprint density at radius 1 is 0.897 bits per heavy atom. The Kier molecular flexibility index (Phi) is 6.96. The lowest BCUT2D eigenvalue weighted by molar-refractivity contribution is 0.0930. The molecule has 0 atom stereocenters. The maximum atomic E-state index is 12.7. The maximum absolute atomic E-state index is 12.7. The van der Waals surface area contributed by atoms with Gasteiger partial charge in [-0.1, -0.05) is 49.8 Å². The highest BCUT2D eigenvalue weighted by Gasteiger charge is 2.18. The third-order valence-corrected chi connectivity index (χ3v) is 6.89. The van der Waals surface area contributed by atoms with Crippen molar-refractivity contribution >= 4 is 21.6 Å². The average Bonchev–Trinajstić information content (AvgIpc) is 2.65. The molecule has 1 fully saturated rings. The summed E-state index contributed by atoms with van der Waals surface area (Å²) in [4.78, 5) is 12.9. The predicted octanol–water partition coefficient (Wildman–Crippen LogP) is 4.95. The summed E-state index contributed by atoms with van der Waals surface area (Å²) < 4.78 is 27.9. The van der Waals surface area contributed by atoms with E-state index in [1.807, 2.05) is 6.92 Å². The average molecular weight is 415 g/mol. The first-order chi connectivity index (χ1) is 13.8. The van der Waals surface area contributed by atoms with Crippen LogP contribution >= 0.6 is 0 Å². The second-order valence-electron chi connectivity index (χ2n) is 7.96. The summed E-state index contributed by atoms with van der Waals surface area (Å²) in [5.41, 5.74) is 2.75. The number of rotatable bonds is 5. The van der Waals surface area contributed by atoms with Crippen LogP contribution in [0.4, 0.5) is 5.69 Å². The van der Waals surface area contributed by atoms with Gasteiger partial charge in [0.05, 0.1) is 10.6 Å². The molecule has 2 aromatic rings. The highest BCUT2D eigenvalue weighted by atomic mass is 32.2. The molecule has 5 nitrogen and oxygen atoms in total. The molecule has 2 aromatic carbocycles. The lowest BCUT2D eigenvalue weighted by atomic mass is 9.96. The zero-order chi connectivity index (χ0) is 20.9. The molecule has 0 bridgehead atoms. The topological polar surface area (TPSA) is 75.3 Å². The van der Waals surface area contributed by atoms with Crippen molar-refractivity contribution in [1.82, 2.24) is 5.32 Å². The summed E-state index contributed by atoms with van der Waals surface area (Å²) in [6, 6.07) is 12.0. The van der Waals surface area contributed by atoms with Gasteiger partial charge in [-0.25, -0.2) is 8.42 Å². The van der Waals surface area contributed by atoms with E-state index in [1.165, 1.54) is 19.3 Å². The van der Waals surface area contributed by atoms with Crippen LogP contribution in [0.3, 0.4) is 0 Å². The molecule has 0 aromatic heterocycles. The van der Waals surface area contributed by atoms with Crippen LogP contribution in [0, 0.1) is 13.8 Å². The van der Waals surface area contributed by atoms with Gasteiger partial charge >= 0.3 is 0 Å². The first-order valence-corrected chi connectivity index (χ1v) is 11.8. The first kappa shape index (κ1) is 21.4. The number of anilines is 1. The van der Waals surface area contributed by atoms with Gasteiger partial charge in [0.2, 0.25) is 0 Å². The van der Waals surface area contributed by atoms with Crippen LogP contribution in [0.1, 0.15) is 66.4 Å². The van der Waals surface area contributed by atoms with Gasteiger partial charge in [-0.2, -0.15) is 0 Å². The molecule has 1 aliphatic carbocycles. The quantitative estimate of drug-likeness (QED) is 0.727. The molecule has 0 unspecified atom stereocenters. The van der Waals surface area contributed by atoms with Gasteiger partial charge in [0, 0.05) is 11.6 Å². The van der Waals surface area contributed by atoms with Crippen LogP contribution < -0.4 is 10.0 Å². The van der Waals surface area contributed by atoms with Crippen molar-refractivity contribution in [3.05, 3.63) is 59.2 Å². The van der Waals surface area contributed by atoms with E-state index in [1.54, 1.807) is 49.4 Å². The van der Waals surface area contributed by atoms with Crippen LogP contribution in [0.15, 0.2) is 47.4 Å². The largest absolute Gasteiger partial charge is 0.349 e. The second-order valence-corrected chi connectivity index (χ2v) is 9.65. The van der Waals surface area contributed by atoms with Gasteiger partial charge in [-0.15, -0.1) is 0 Å². The summed E-state index contributed by atoms with van der Waals surface area (Å²) in [7, 11) is -3.67. The van der Waals surface area contributed by atoms with Gasteiger partial charge in [0.15, 0.2) is 0 Å². The van der Waals surface area contributed by atoms with Crippen molar-refractivity contribution in [2.45, 2.75) is 69.7 Å². The number of amides is 1. The molecule has 156 valence electrons. The van der Waals surface area contributed by atoms with E-state index in [-0.39, 0.29) is 16.8 Å². The molecule has 0 saturated heterocycles. The SMILES string of the molecule is Cc1ccc(S(=O)(=O)Nc2ccc(C(=O)NC3CCCCCCC3)cc2C)cc1. The van der Waals surface area contributed by atoms with Crippen molar-refractivity contribution < 1.29 is 13.2 Å². The number of hydrogen-bond acceptors (Lipinski definition) is 3.